The predicted octanol–water partition coefficient (Wildman–Crippen LogP) is 1.89. The Bertz CT molecular complexity index is 974. The Morgan fingerprint density at radius 2 is 2.04 bits per heavy atom. The van der Waals surface area contributed by atoms with Crippen molar-refractivity contribution < 1.29 is 13.9 Å². The summed E-state index contributed by atoms with van der Waals surface area (Å²) in [4.78, 5) is 32.5. The van der Waals surface area contributed by atoms with Gasteiger partial charge in [-0.25, -0.2) is 9.78 Å². The number of benzene rings is 1. The number of hydrogen-bond acceptors (Lipinski definition) is 6. The molecule has 0 atom stereocenters. The summed E-state index contributed by atoms with van der Waals surface area (Å²) in [6.45, 7) is -0.0497. The highest BCUT2D eigenvalue weighted by Gasteiger charge is 2.24. The lowest BCUT2D eigenvalue weighted by molar-refractivity contribution is -0.122. The van der Waals surface area contributed by atoms with Crippen molar-refractivity contribution in [3.8, 4) is 5.88 Å². The fraction of sp³-hybridized carbons (Fsp3) is 0.368. The average Bonchev–Trinajstić information content (AvgIpc) is 2.99. The monoisotopic (exact) mass is 368 g/mol. The molecule has 1 aromatic carbocycles. The van der Waals surface area contributed by atoms with E-state index in [1.54, 1.807) is 36.8 Å². The van der Waals surface area contributed by atoms with Gasteiger partial charge >= 0.3 is 5.76 Å². The zero-order valence-corrected chi connectivity index (χ0v) is 14.7. The summed E-state index contributed by atoms with van der Waals surface area (Å²) < 4.78 is 12.3. The van der Waals surface area contributed by atoms with Gasteiger partial charge in [0.2, 0.25) is 11.8 Å². The maximum absolute atomic E-state index is 12.4. The minimum Gasteiger partial charge on any atom is -0.473 e. The van der Waals surface area contributed by atoms with E-state index in [1.807, 2.05) is 6.07 Å². The Kier molecular flexibility index (Phi) is 4.86. The number of aromatic nitrogens is 3. The van der Waals surface area contributed by atoms with Crippen LogP contribution in [0.5, 0.6) is 5.88 Å². The van der Waals surface area contributed by atoms with Crippen LogP contribution >= 0.6 is 0 Å². The van der Waals surface area contributed by atoms with Crippen molar-refractivity contribution in [1.82, 2.24) is 19.9 Å². The van der Waals surface area contributed by atoms with Crippen molar-refractivity contribution in [1.29, 1.82) is 0 Å². The molecule has 1 fully saturated rings. The summed E-state index contributed by atoms with van der Waals surface area (Å²) in [5, 5.41) is 3.01. The van der Waals surface area contributed by atoms with Gasteiger partial charge in [0.25, 0.3) is 0 Å². The molecule has 0 bridgehead atoms. The minimum absolute atomic E-state index is 0.0497. The number of oxazole rings is 1. The fourth-order valence-corrected chi connectivity index (χ4v) is 3.42. The average molecular weight is 368 g/mol. The molecule has 0 spiro atoms. The Hall–Kier alpha value is -3.16. The standard InChI is InChI=1S/C19H20N4O4/c24-17(12-23-15-3-1-2-4-16(15)27-19(23)25)22-13-5-7-14(8-6-13)26-18-11-20-9-10-21-18/h1-4,9-11,13-14H,5-8,12H2,(H,22,24). The SMILES string of the molecule is O=C(Cn1c(=O)oc2ccccc21)NC1CCC(Oc2cnccn2)CC1. The van der Waals surface area contributed by atoms with E-state index in [0.717, 1.165) is 25.7 Å². The Morgan fingerprint density at radius 3 is 2.81 bits per heavy atom. The first-order valence-electron chi connectivity index (χ1n) is 8.99. The van der Waals surface area contributed by atoms with Crippen molar-refractivity contribution in [2.45, 2.75) is 44.4 Å². The van der Waals surface area contributed by atoms with E-state index in [9.17, 15) is 9.59 Å². The molecule has 0 saturated heterocycles. The molecule has 0 unspecified atom stereocenters. The first-order chi connectivity index (χ1) is 13.2. The molecule has 1 aliphatic rings. The molecule has 0 radical (unpaired) electrons. The van der Waals surface area contributed by atoms with Gasteiger partial charge in [-0.3, -0.25) is 14.3 Å². The number of ether oxygens (including phenoxy) is 1. The zero-order valence-electron chi connectivity index (χ0n) is 14.7. The second kappa shape index (κ2) is 7.61. The van der Waals surface area contributed by atoms with Crippen LogP contribution < -0.4 is 15.8 Å². The number of carbonyl (C=O) groups excluding carboxylic acids is 1. The second-order valence-corrected chi connectivity index (χ2v) is 6.62. The Balaban J connectivity index is 1.30. The van der Waals surface area contributed by atoms with E-state index < -0.39 is 5.76 Å². The highest BCUT2D eigenvalue weighted by Crippen LogP contribution is 2.22. The third-order valence-corrected chi connectivity index (χ3v) is 4.74. The van der Waals surface area contributed by atoms with Crippen LogP contribution in [0, 0.1) is 0 Å². The highest BCUT2D eigenvalue weighted by atomic mass is 16.5. The molecule has 8 nitrogen and oxygen atoms in total. The second-order valence-electron chi connectivity index (χ2n) is 6.62. The van der Waals surface area contributed by atoms with Gasteiger partial charge in [-0.05, 0) is 37.8 Å². The number of nitrogens with one attached hydrogen (secondary N) is 1. The Labute approximate surface area is 155 Å². The predicted molar refractivity (Wildman–Crippen MR) is 97.3 cm³/mol. The zero-order chi connectivity index (χ0) is 18.6. The van der Waals surface area contributed by atoms with Crippen molar-refractivity contribution in [3.05, 3.63) is 53.4 Å². The first kappa shape index (κ1) is 17.3. The number of para-hydroxylation sites is 2. The Morgan fingerprint density at radius 1 is 1.22 bits per heavy atom. The smallest absolute Gasteiger partial charge is 0.420 e. The van der Waals surface area contributed by atoms with Crippen molar-refractivity contribution in [2.75, 3.05) is 0 Å². The van der Waals surface area contributed by atoms with Gasteiger partial charge in [-0.1, -0.05) is 12.1 Å². The summed E-state index contributed by atoms with van der Waals surface area (Å²) in [5.41, 5.74) is 1.11. The normalized spacial score (nSPS) is 19.7. The molecule has 2 aromatic heterocycles. The van der Waals surface area contributed by atoms with Gasteiger partial charge < -0.3 is 14.5 Å². The summed E-state index contributed by atoms with van der Waals surface area (Å²) in [6.07, 6.45) is 8.18. The van der Waals surface area contributed by atoms with Crippen LogP contribution in [0.1, 0.15) is 25.7 Å². The number of rotatable bonds is 5. The molecule has 4 rings (SSSR count). The summed E-state index contributed by atoms with van der Waals surface area (Å²) in [6, 6.07) is 7.15. The molecular weight excluding hydrogens is 348 g/mol. The highest BCUT2D eigenvalue weighted by molar-refractivity contribution is 5.79. The van der Waals surface area contributed by atoms with E-state index in [-0.39, 0.29) is 24.6 Å². The number of carbonyl (C=O) groups is 1. The van der Waals surface area contributed by atoms with Gasteiger partial charge in [0.05, 0.1) is 11.7 Å². The molecule has 1 saturated carbocycles. The molecule has 1 N–H and O–H groups in total. The summed E-state index contributed by atoms with van der Waals surface area (Å²) in [5.74, 6) is -0.189. The third kappa shape index (κ3) is 3.99. The first-order valence-corrected chi connectivity index (χ1v) is 8.99. The molecule has 8 heteroatoms. The van der Waals surface area contributed by atoms with E-state index in [0.29, 0.717) is 17.0 Å². The topological polar surface area (TPSA) is 99.2 Å². The van der Waals surface area contributed by atoms with Crippen LogP contribution in [0.4, 0.5) is 0 Å². The molecule has 1 aliphatic carbocycles. The number of amides is 1. The van der Waals surface area contributed by atoms with E-state index >= 15 is 0 Å². The minimum atomic E-state index is -0.521. The summed E-state index contributed by atoms with van der Waals surface area (Å²) >= 11 is 0. The molecular formula is C19H20N4O4. The molecule has 3 aromatic rings. The largest absolute Gasteiger partial charge is 0.473 e. The number of fused-ring (bicyclic) bond motifs is 1. The third-order valence-electron chi connectivity index (χ3n) is 4.74. The molecule has 1 amide bonds. The number of hydrogen-bond donors (Lipinski definition) is 1. The molecule has 0 aliphatic heterocycles. The fourth-order valence-electron chi connectivity index (χ4n) is 3.42. The van der Waals surface area contributed by atoms with Crippen molar-refractivity contribution in [2.24, 2.45) is 0 Å². The lowest BCUT2D eigenvalue weighted by Crippen LogP contribution is -2.41. The van der Waals surface area contributed by atoms with Gasteiger partial charge in [0, 0.05) is 18.4 Å². The molecule has 140 valence electrons. The van der Waals surface area contributed by atoms with Crippen LogP contribution in [-0.2, 0) is 11.3 Å². The lowest BCUT2D eigenvalue weighted by Gasteiger charge is -2.29. The van der Waals surface area contributed by atoms with Crippen LogP contribution in [0.15, 0.2) is 52.1 Å². The van der Waals surface area contributed by atoms with Crippen LogP contribution in [0.3, 0.4) is 0 Å². The quantitative estimate of drug-likeness (QED) is 0.738. The number of nitrogens with zero attached hydrogens (tertiary/aromatic N) is 3. The van der Waals surface area contributed by atoms with Crippen LogP contribution in [0.25, 0.3) is 11.1 Å². The van der Waals surface area contributed by atoms with E-state index in [2.05, 4.69) is 15.3 Å². The van der Waals surface area contributed by atoms with Crippen molar-refractivity contribution in [3.63, 3.8) is 0 Å². The molecule has 27 heavy (non-hydrogen) atoms. The maximum Gasteiger partial charge on any atom is 0.420 e. The maximum atomic E-state index is 12.4. The summed E-state index contributed by atoms with van der Waals surface area (Å²) in [7, 11) is 0. The van der Waals surface area contributed by atoms with Crippen molar-refractivity contribution >= 4 is 17.0 Å². The van der Waals surface area contributed by atoms with Crippen LogP contribution in [-0.4, -0.2) is 32.6 Å². The van der Waals surface area contributed by atoms with Crippen LogP contribution in [0.2, 0.25) is 0 Å². The van der Waals surface area contributed by atoms with Gasteiger partial charge in [-0.2, -0.15) is 0 Å². The lowest BCUT2D eigenvalue weighted by atomic mass is 9.93. The molecule has 2 heterocycles. The van der Waals surface area contributed by atoms with Gasteiger partial charge in [-0.15, -0.1) is 0 Å². The van der Waals surface area contributed by atoms with Gasteiger partial charge in [0.1, 0.15) is 12.6 Å². The van der Waals surface area contributed by atoms with E-state index in [4.69, 9.17) is 9.15 Å². The van der Waals surface area contributed by atoms with Gasteiger partial charge in [0.15, 0.2) is 5.58 Å². The van der Waals surface area contributed by atoms with E-state index in [1.165, 1.54) is 4.57 Å².